The van der Waals surface area contributed by atoms with Gasteiger partial charge >= 0.3 is 11.9 Å². The zero-order valence-corrected chi connectivity index (χ0v) is 17.3. The number of hydrogen-bond acceptors (Lipinski definition) is 8. The van der Waals surface area contributed by atoms with E-state index < -0.39 is 29.7 Å². The summed E-state index contributed by atoms with van der Waals surface area (Å²) in [5.41, 5.74) is 4.32. The van der Waals surface area contributed by atoms with Gasteiger partial charge in [0.25, 0.3) is 0 Å². The van der Waals surface area contributed by atoms with Crippen LogP contribution < -0.4 is 10.6 Å². The first-order valence-electron chi connectivity index (χ1n) is 8.29. The molecule has 2 heterocycles. The molecule has 0 saturated carbocycles. The third-order valence-corrected chi connectivity index (χ3v) is 5.38. The van der Waals surface area contributed by atoms with Crippen molar-refractivity contribution >= 4 is 39.5 Å². The van der Waals surface area contributed by atoms with Gasteiger partial charge in [-0.3, -0.25) is 9.59 Å². The van der Waals surface area contributed by atoms with Gasteiger partial charge in [-0.1, -0.05) is 15.9 Å². The highest BCUT2D eigenvalue weighted by Crippen LogP contribution is 2.54. The summed E-state index contributed by atoms with van der Waals surface area (Å²) in [7, 11) is 3.80. The molecule has 2 aliphatic heterocycles. The summed E-state index contributed by atoms with van der Waals surface area (Å²) < 4.78 is 15.6. The molecule has 1 aromatic carbocycles. The van der Waals surface area contributed by atoms with Gasteiger partial charge in [-0.15, -0.1) is 0 Å². The SMILES string of the molecule is COC(=O)CC1=C(C(=O)OC)C2(C(=O)N(C)c3ccc(Br)cc32)C(C#N)=C(N)O1. The topological polar surface area (TPSA) is 132 Å². The molecule has 0 aliphatic carbocycles. The van der Waals surface area contributed by atoms with Gasteiger partial charge in [-0.2, -0.15) is 5.26 Å². The molecule has 3 rings (SSSR count). The van der Waals surface area contributed by atoms with Gasteiger partial charge in [0, 0.05) is 22.8 Å². The average molecular weight is 462 g/mol. The van der Waals surface area contributed by atoms with Gasteiger partial charge in [-0.25, -0.2) is 4.79 Å². The highest BCUT2D eigenvalue weighted by atomic mass is 79.9. The maximum Gasteiger partial charge on any atom is 0.339 e. The minimum absolute atomic E-state index is 0.213. The summed E-state index contributed by atoms with van der Waals surface area (Å²) in [5.74, 6) is -2.85. The Hall–Kier alpha value is -3.32. The molecule has 0 saturated heterocycles. The summed E-state index contributed by atoms with van der Waals surface area (Å²) in [6.45, 7) is 0. The van der Waals surface area contributed by atoms with Crippen molar-refractivity contribution in [1.29, 1.82) is 5.26 Å². The molecule has 29 heavy (non-hydrogen) atoms. The monoisotopic (exact) mass is 461 g/mol. The highest BCUT2D eigenvalue weighted by Gasteiger charge is 2.62. The fourth-order valence-corrected chi connectivity index (χ4v) is 4.01. The molecule has 1 spiro atoms. The third kappa shape index (κ3) is 2.77. The Morgan fingerprint density at radius 2 is 2.03 bits per heavy atom. The molecule has 0 radical (unpaired) electrons. The molecule has 1 atom stereocenters. The number of nitriles is 1. The summed E-state index contributed by atoms with van der Waals surface area (Å²) in [4.78, 5) is 39.7. The number of likely N-dealkylation sites (N-methyl/N-ethyl adjacent to an activating group) is 1. The first kappa shape index (κ1) is 20.4. The number of benzene rings is 1. The van der Waals surface area contributed by atoms with Crippen LogP contribution in [0.1, 0.15) is 12.0 Å². The third-order valence-electron chi connectivity index (χ3n) is 4.89. The van der Waals surface area contributed by atoms with E-state index in [-0.39, 0.29) is 22.8 Å². The van der Waals surface area contributed by atoms with Gasteiger partial charge in [-0.05, 0) is 18.2 Å². The number of nitrogens with zero attached hydrogens (tertiary/aromatic N) is 2. The second kappa shape index (κ2) is 7.25. The fourth-order valence-electron chi connectivity index (χ4n) is 3.65. The van der Waals surface area contributed by atoms with E-state index in [9.17, 15) is 19.6 Å². The standard InChI is InChI=1S/C19H16BrN3O6/c1-23-12-5-4-9(20)6-10(12)19(18(23)26)11(8-21)16(22)29-13(7-14(24)27-2)15(19)17(25)28-3/h4-6H,7,22H2,1-3H3. The Bertz CT molecular complexity index is 1050. The zero-order chi connectivity index (χ0) is 21.5. The van der Waals surface area contributed by atoms with Crippen molar-refractivity contribution in [3.63, 3.8) is 0 Å². The van der Waals surface area contributed by atoms with E-state index in [2.05, 4.69) is 20.7 Å². The van der Waals surface area contributed by atoms with Gasteiger partial charge < -0.3 is 24.8 Å². The van der Waals surface area contributed by atoms with E-state index >= 15 is 0 Å². The van der Waals surface area contributed by atoms with Crippen LogP contribution in [0.3, 0.4) is 0 Å². The van der Waals surface area contributed by atoms with Crippen LogP contribution in [-0.4, -0.2) is 39.1 Å². The van der Waals surface area contributed by atoms with Crippen LogP contribution in [0.5, 0.6) is 0 Å². The van der Waals surface area contributed by atoms with Crippen molar-refractivity contribution in [2.45, 2.75) is 11.8 Å². The number of amides is 1. The number of nitrogens with two attached hydrogens (primary N) is 1. The van der Waals surface area contributed by atoms with Gasteiger partial charge in [0.1, 0.15) is 29.4 Å². The molecule has 1 amide bonds. The molecule has 1 unspecified atom stereocenters. The van der Waals surface area contributed by atoms with Crippen LogP contribution in [-0.2, 0) is 34.0 Å². The number of fused-ring (bicyclic) bond motifs is 2. The lowest BCUT2D eigenvalue weighted by Crippen LogP contribution is -2.48. The highest BCUT2D eigenvalue weighted by molar-refractivity contribution is 9.10. The van der Waals surface area contributed by atoms with Crippen molar-refractivity contribution in [2.24, 2.45) is 5.73 Å². The van der Waals surface area contributed by atoms with E-state index in [1.54, 1.807) is 18.2 Å². The first-order chi connectivity index (χ1) is 13.7. The maximum absolute atomic E-state index is 13.6. The molecule has 10 heteroatoms. The number of esters is 2. The minimum Gasteiger partial charge on any atom is -0.469 e. The number of ether oxygens (including phenoxy) is 3. The van der Waals surface area contributed by atoms with E-state index in [0.29, 0.717) is 15.7 Å². The number of carbonyl (C=O) groups is 3. The number of hydrogen-bond donors (Lipinski definition) is 1. The second-order valence-corrected chi connectivity index (χ2v) is 7.19. The van der Waals surface area contributed by atoms with Crippen LogP contribution >= 0.6 is 15.9 Å². The summed E-state index contributed by atoms with van der Waals surface area (Å²) in [5, 5.41) is 9.86. The quantitative estimate of drug-likeness (QED) is 0.667. The Morgan fingerprint density at radius 3 is 2.62 bits per heavy atom. The molecular formula is C19H16BrN3O6. The van der Waals surface area contributed by atoms with E-state index in [4.69, 9.17) is 15.2 Å². The molecule has 0 fully saturated rings. The van der Waals surface area contributed by atoms with Crippen LogP contribution in [0.25, 0.3) is 0 Å². The first-order valence-corrected chi connectivity index (χ1v) is 9.08. The number of halogens is 1. The van der Waals surface area contributed by atoms with Gasteiger partial charge in [0.15, 0.2) is 5.41 Å². The van der Waals surface area contributed by atoms with Crippen molar-refractivity contribution in [3.8, 4) is 6.07 Å². The van der Waals surface area contributed by atoms with Gasteiger partial charge in [0.05, 0.1) is 14.2 Å². The van der Waals surface area contributed by atoms with Crippen LogP contribution in [0.2, 0.25) is 0 Å². The summed E-state index contributed by atoms with van der Waals surface area (Å²) in [6, 6.07) is 6.91. The molecule has 0 bridgehead atoms. The normalized spacial score (nSPS) is 20.4. The van der Waals surface area contributed by atoms with E-state index in [0.717, 1.165) is 7.11 Å². The number of rotatable bonds is 3. The van der Waals surface area contributed by atoms with E-state index in [1.807, 2.05) is 6.07 Å². The largest absolute Gasteiger partial charge is 0.469 e. The molecule has 150 valence electrons. The van der Waals surface area contributed by atoms with Crippen molar-refractivity contribution in [1.82, 2.24) is 0 Å². The van der Waals surface area contributed by atoms with Crippen molar-refractivity contribution in [2.75, 3.05) is 26.2 Å². The van der Waals surface area contributed by atoms with Crippen molar-refractivity contribution in [3.05, 3.63) is 51.0 Å². The lowest BCUT2D eigenvalue weighted by atomic mass is 9.68. The maximum atomic E-state index is 13.6. The Balaban J connectivity index is 2.47. The predicted molar refractivity (Wildman–Crippen MR) is 103 cm³/mol. The predicted octanol–water partition coefficient (Wildman–Crippen LogP) is 1.38. The zero-order valence-electron chi connectivity index (χ0n) is 15.7. The van der Waals surface area contributed by atoms with Crippen LogP contribution in [0, 0.1) is 11.3 Å². The molecule has 9 nitrogen and oxygen atoms in total. The number of carbonyl (C=O) groups excluding carboxylic acids is 3. The smallest absolute Gasteiger partial charge is 0.339 e. The molecular weight excluding hydrogens is 446 g/mol. The lowest BCUT2D eigenvalue weighted by Gasteiger charge is -2.34. The number of anilines is 1. The molecule has 0 aromatic heterocycles. The number of methoxy groups -OCH3 is 2. The fraction of sp³-hybridized carbons (Fsp3) is 0.263. The second-order valence-electron chi connectivity index (χ2n) is 6.27. The van der Waals surface area contributed by atoms with Crippen LogP contribution in [0.4, 0.5) is 5.69 Å². The average Bonchev–Trinajstić information content (AvgIpc) is 2.90. The molecule has 2 aliphatic rings. The molecule has 2 N–H and O–H groups in total. The Morgan fingerprint density at radius 1 is 1.34 bits per heavy atom. The minimum atomic E-state index is -1.92. The van der Waals surface area contributed by atoms with Crippen LogP contribution in [0.15, 0.2) is 45.5 Å². The lowest BCUT2D eigenvalue weighted by molar-refractivity contribution is -0.141. The Labute approximate surface area is 174 Å². The summed E-state index contributed by atoms with van der Waals surface area (Å²) >= 11 is 3.35. The molecule has 1 aromatic rings. The van der Waals surface area contributed by atoms with Gasteiger partial charge in [0.2, 0.25) is 11.8 Å². The Kier molecular flexibility index (Phi) is 5.11. The van der Waals surface area contributed by atoms with Crippen molar-refractivity contribution < 1.29 is 28.6 Å². The summed E-state index contributed by atoms with van der Waals surface area (Å²) in [6.07, 6.45) is -0.484. The van der Waals surface area contributed by atoms with E-state index in [1.165, 1.54) is 19.1 Å².